The molecule has 0 unspecified atom stereocenters. The van der Waals surface area contributed by atoms with E-state index in [1.54, 1.807) is 0 Å². The van der Waals surface area contributed by atoms with Crippen LogP contribution < -0.4 is 15.2 Å². The lowest BCUT2D eigenvalue weighted by Gasteiger charge is -2.12. The Kier molecular flexibility index (Phi) is 4.35. The highest BCUT2D eigenvalue weighted by atomic mass is 16.7. The largest absolute Gasteiger partial charge is 0.454 e. The van der Waals surface area contributed by atoms with Gasteiger partial charge >= 0.3 is 5.97 Å². The van der Waals surface area contributed by atoms with Crippen molar-refractivity contribution in [2.75, 3.05) is 13.4 Å². The first-order valence-electron chi connectivity index (χ1n) is 9.58. The molecule has 0 spiro atoms. The number of carbonyl (C=O) groups is 2. The van der Waals surface area contributed by atoms with Crippen molar-refractivity contribution in [3.05, 3.63) is 64.8 Å². The van der Waals surface area contributed by atoms with Crippen LogP contribution in [-0.4, -0.2) is 30.3 Å². The summed E-state index contributed by atoms with van der Waals surface area (Å²) in [5.74, 6) is 0.187. The van der Waals surface area contributed by atoms with Crippen LogP contribution in [0.1, 0.15) is 33.6 Å². The third kappa shape index (κ3) is 3.14. The van der Waals surface area contributed by atoms with E-state index in [4.69, 9.17) is 24.9 Å². The van der Waals surface area contributed by atoms with Crippen LogP contribution in [0.3, 0.4) is 0 Å². The summed E-state index contributed by atoms with van der Waals surface area (Å²) in [5.41, 5.74) is 9.88. The SMILES string of the molecule is NC(=O)COC(=O)c1c2c(nc3ccccc13)C(=Cc1ccc3c(c1)OCO3)CC2. The molecular formula is C23H18N2O5. The van der Waals surface area contributed by atoms with Gasteiger partial charge in [0.25, 0.3) is 5.91 Å². The van der Waals surface area contributed by atoms with Crippen molar-refractivity contribution in [3.63, 3.8) is 0 Å². The van der Waals surface area contributed by atoms with Gasteiger partial charge in [-0.1, -0.05) is 24.3 Å². The number of nitrogens with zero attached hydrogens (tertiary/aromatic N) is 1. The maximum absolute atomic E-state index is 12.8. The summed E-state index contributed by atoms with van der Waals surface area (Å²) in [4.78, 5) is 28.7. The van der Waals surface area contributed by atoms with Gasteiger partial charge in [-0.05, 0) is 53.8 Å². The molecule has 1 aromatic heterocycles. The quantitative estimate of drug-likeness (QED) is 0.673. The lowest BCUT2D eigenvalue weighted by molar-refractivity contribution is -0.121. The summed E-state index contributed by atoms with van der Waals surface area (Å²) in [6, 6.07) is 13.2. The van der Waals surface area contributed by atoms with Crippen molar-refractivity contribution in [2.24, 2.45) is 5.73 Å². The number of para-hydroxylation sites is 1. The molecule has 0 saturated heterocycles. The van der Waals surface area contributed by atoms with Crippen LogP contribution in [0.4, 0.5) is 0 Å². The number of fused-ring (bicyclic) bond motifs is 3. The lowest BCUT2D eigenvalue weighted by atomic mass is 10.0. The second-order valence-corrected chi connectivity index (χ2v) is 7.16. The van der Waals surface area contributed by atoms with Gasteiger partial charge in [0.2, 0.25) is 6.79 Å². The number of nitrogens with two attached hydrogens (primary N) is 1. The van der Waals surface area contributed by atoms with E-state index < -0.39 is 18.5 Å². The third-order valence-corrected chi connectivity index (χ3v) is 5.23. The van der Waals surface area contributed by atoms with E-state index in [1.807, 2.05) is 48.5 Å². The maximum atomic E-state index is 12.8. The number of carbonyl (C=O) groups excluding carboxylic acids is 2. The molecule has 1 aliphatic heterocycles. The molecule has 1 aliphatic carbocycles. The van der Waals surface area contributed by atoms with Crippen molar-refractivity contribution < 1.29 is 23.8 Å². The van der Waals surface area contributed by atoms with E-state index in [9.17, 15) is 9.59 Å². The highest BCUT2D eigenvalue weighted by Gasteiger charge is 2.28. The van der Waals surface area contributed by atoms with Crippen molar-refractivity contribution >= 4 is 34.4 Å². The number of pyridine rings is 1. The van der Waals surface area contributed by atoms with Crippen molar-refractivity contribution in [2.45, 2.75) is 12.8 Å². The van der Waals surface area contributed by atoms with Gasteiger partial charge in [-0.15, -0.1) is 0 Å². The van der Waals surface area contributed by atoms with E-state index in [-0.39, 0.29) is 6.79 Å². The predicted octanol–water partition coefficient (Wildman–Crippen LogP) is 3.09. The first-order valence-corrected chi connectivity index (χ1v) is 9.58. The molecule has 5 rings (SSSR count). The van der Waals surface area contributed by atoms with Gasteiger partial charge in [0.1, 0.15) is 0 Å². The summed E-state index contributed by atoms with van der Waals surface area (Å²) in [6.07, 6.45) is 3.45. The van der Waals surface area contributed by atoms with Gasteiger partial charge in [-0.25, -0.2) is 9.78 Å². The van der Waals surface area contributed by atoms with Gasteiger partial charge < -0.3 is 19.9 Å². The molecular weight excluding hydrogens is 384 g/mol. The molecule has 7 nitrogen and oxygen atoms in total. The molecule has 0 saturated carbocycles. The Morgan fingerprint density at radius 3 is 2.80 bits per heavy atom. The molecule has 0 fully saturated rings. The number of amides is 1. The van der Waals surface area contributed by atoms with Crippen LogP contribution in [0.15, 0.2) is 42.5 Å². The van der Waals surface area contributed by atoms with Crippen LogP contribution in [0.2, 0.25) is 0 Å². The molecule has 30 heavy (non-hydrogen) atoms. The second-order valence-electron chi connectivity index (χ2n) is 7.16. The van der Waals surface area contributed by atoms with E-state index in [0.717, 1.165) is 34.6 Å². The predicted molar refractivity (Wildman–Crippen MR) is 110 cm³/mol. The number of hydrogen-bond donors (Lipinski definition) is 1. The van der Waals surface area contributed by atoms with E-state index in [2.05, 4.69) is 0 Å². The zero-order valence-corrected chi connectivity index (χ0v) is 16.0. The number of ether oxygens (including phenoxy) is 3. The summed E-state index contributed by atoms with van der Waals surface area (Å²) in [6.45, 7) is -0.230. The molecule has 7 heteroatoms. The first-order chi connectivity index (χ1) is 14.6. The summed E-state index contributed by atoms with van der Waals surface area (Å²) < 4.78 is 16.0. The smallest absolute Gasteiger partial charge is 0.339 e. The van der Waals surface area contributed by atoms with Crippen molar-refractivity contribution in [1.82, 2.24) is 4.98 Å². The van der Waals surface area contributed by atoms with Crippen LogP contribution in [-0.2, 0) is 16.0 Å². The van der Waals surface area contributed by atoms with Crippen LogP contribution in [0.25, 0.3) is 22.6 Å². The minimum atomic E-state index is -0.693. The molecule has 150 valence electrons. The summed E-state index contributed by atoms with van der Waals surface area (Å²) in [7, 11) is 0. The normalized spacial score (nSPS) is 15.4. The second kappa shape index (κ2) is 7.18. The Bertz CT molecular complexity index is 1230. The molecule has 0 atom stereocenters. The number of benzene rings is 2. The van der Waals surface area contributed by atoms with Gasteiger partial charge in [-0.3, -0.25) is 4.79 Å². The fourth-order valence-corrected chi connectivity index (χ4v) is 3.93. The maximum Gasteiger partial charge on any atom is 0.339 e. The fourth-order valence-electron chi connectivity index (χ4n) is 3.93. The monoisotopic (exact) mass is 402 g/mol. The molecule has 0 radical (unpaired) electrons. The van der Waals surface area contributed by atoms with Gasteiger partial charge in [0.05, 0.1) is 16.8 Å². The topological polar surface area (TPSA) is 101 Å². The zero-order chi connectivity index (χ0) is 20.7. The van der Waals surface area contributed by atoms with Gasteiger partial charge in [-0.2, -0.15) is 0 Å². The Morgan fingerprint density at radius 1 is 1.10 bits per heavy atom. The van der Waals surface area contributed by atoms with Crippen LogP contribution >= 0.6 is 0 Å². The number of hydrogen-bond acceptors (Lipinski definition) is 6. The summed E-state index contributed by atoms with van der Waals surface area (Å²) in [5, 5.41) is 0.704. The molecule has 1 amide bonds. The average Bonchev–Trinajstić information content (AvgIpc) is 3.37. The Labute approximate surface area is 172 Å². The molecule has 3 aromatic rings. The zero-order valence-electron chi connectivity index (χ0n) is 16.0. The Morgan fingerprint density at radius 2 is 1.93 bits per heavy atom. The fraction of sp³-hybridized carbons (Fsp3) is 0.174. The van der Waals surface area contributed by atoms with E-state index in [0.29, 0.717) is 28.6 Å². The minimum absolute atomic E-state index is 0.225. The highest BCUT2D eigenvalue weighted by Crippen LogP contribution is 2.39. The van der Waals surface area contributed by atoms with Crippen LogP contribution in [0, 0.1) is 0 Å². The molecule has 2 heterocycles. The van der Waals surface area contributed by atoms with E-state index in [1.165, 1.54) is 0 Å². The Balaban J connectivity index is 1.60. The van der Waals surface area contributed by atoms with Gasteiger partial charge in [0.15, 0.2) is 18.1 Å². The number of allylic oxidation sites excluding steroid dienone is 1. The van der Waals surface area contributed by atoms with Crippen molar-refractivity contribution in [3.8, 4) is 11.5 Å². The lowest BCUT2D eigenvalue weighted by Crippen LogP contribution is -2.21. The van der Waals surface area contributed by atoms with Crippen LogP contribution in [0.5, 0.6) is 11.5 Å². The number of rotatable bonds is 4. The Hall–Kier alpha value is -3.87. The van der Waals surface area contributed by atoms with Gasteiger partial charge in [0, 0.05) is 5.39 Å². The third-order valence-electron chi connectivity index (χ3n) is 5.23. The molecule has 2 N–H and O–H groups in total. The van der Waals surface area contributed by atoms with E-state index >= 15 is 0 Å². The number of primary amides is 1. The summed E-state index contributed by atoms with van der Waals surface area (Å²) >= 11 is 0. The number of esters is 1. The standard InChI is InChI=1S/C23H18N2O5/c24-20(26)11-28-23(27)21-15-3-1-2-4-17(15)25-22-14(6-7-16(21)22)9-13-5-8-18-19(10-13)30-12-29-18/h1-5,8-10H,6-7,11-12H2,(H2,24,26). The number of aromatic nitrogens is 1. The first kappa shape index (κ1) is 18.2. The minimum Gasteiger partial charge on any atom is -0.454 e. The molecule has 2 aromatic carbocycles. The highest BCUT2D eigenvalue weighted by molar-refractivity contribution is 6.07. The molecule has 2 aliphatic rings. The van der Waals surface area contributed by atoms with Crippen molar-refractivity contribution in [1.29, 1.82) is 0 Å². The molecule has 0 bridgehead atoms. The average molecular weight is 402 g/mol.